The summed E-state index contributed by atoms with van der Waals surface area (Å²) in [5, 5.41) is 7.35. The number of para-hydroxylation sites is 2. The van der Waals surface area contributed by atoms with Crippen molar-refractivity contribution in [1.29, 1.82) is 5.41 Å². The summed E-state index contributed by atoms with van der Waals surface area (Å²) in [5.74, 6) is 1.62. The first-order chi connectivity index (χ1) is 14.2. The first-order valence-electron chi connectivity index (χ1n) is 9.13. The SMILES string of the molecule is COc1ccccc1OCCCCCOSc1ccc(C(=N)N)cc1.CS(=O)(=O)O. The third-order valence-electron chi connectivity index (χ3n) is 3.52. The molecule has 0 aliphatic rings. The maximum absolute atomic E-state index is 9.19. The molecule has 4 N–H and O–H groups in total. The van der Waals surface area contributed by atoms with E-state index in [0.29, 0.717) is 19.5 Å². The van der Waals surface area contributed by atoms with Crippen LogP contribution in [0.2, 0.25) is 0 Å². The van der Waals surface area contributed by atoms with Crippen LogP contribution in [-0.2, 0) is 14.3 Å². The molecule has 0 saturated carbocycles. The molecule has 0 fully saturated rings. The van der Waals surface area contributed by atoms with Gasteiger partial charge in [-0.1, -0.05) is 24.3 Å². The van der Waals surface area contributed by atoms with E-state index < -0.39 is 10.1 Å². The molecule has 0 aliphatic heterocycles. The predicted molar refractivity (Wildman–Crippen MR) is 119 cm³/mol. The van der Waals surface area contributed by atoms with E-state index in [-0.39, 0.29) is 5.84 Å². The number of unbranched alkanes of at least 4 members (excludes halogenated alkanes) is 2. The van der Waals surface area contributed by atoms with Gasteiger partial charge in [0.15, 0.2) is 11.5 Å². The number of rotatable bonds is 11. The molecule has 10 heteroatoms. The van der Waals surface area contributed by atoms with Crippen LogP contribution in [0.4, 0.5) is 0 Å². The number of nitrogens with two attached hydrogens (primary N) is 1. The van der Waals surface area contributed by atoms with E-state index in [1.54, 1.807) is 7.11 Å². The van der Waals surface area contributed by atoms with Crippen molar-refractivity contribution in [2.75, 3.05) is 26.6 Å². The van der Waals surface area contributed by atoms with Gasteiger partial charge in [-0.25, -0.2) is 0 Å². The molecule has 2 rings (SSSR count). The molecule has 0 aromatic heterocycles. The highest BCUT2D eigenvalue weighted by molar-refractivity contribution is 7.94. The van der Waals surface area contributed by atoms with Gasteiger partial charge in [-0.2, -0.15) is 8.42 Å². The molecule has 0 atom stereocenters. The topological polar surface area (TPSA) is 132 Å². The Morgan fingerprint density at radius 2 is 1.60 bits per heavy atom. The summed E-state index contributed by atoms with van der Waals surface area (Å²) in [6, 6.07) is 15.1. The summed E-state index contributed by atoms with van der Waals surface area (Å²) in [6.07, 6.45) is 3.71. The van der Waals surface area contributed by atoms with Gasteiger partial charge in [0.05, 0.1) is 26.6 Å². The van der Waals surface area contributed by atoms with Gasteiger partial charge < -0.3 is 19.4 Å². The van der Waals surface area contributed by atoms with Crippen molar-refractivity contribution in [1.82, 2.24) is 0 Å². The largest absolute Gasteiger partial charge is 0.493 e. The molecule has 0 unspecified atom stereocenters. The van der Waals surface area contributed by atoms with Gasteiger partial charge in [-0.3, -0.25) is 9.96 Å². The third-order valence-corrected chi connectivity index (χ3v) is 4.27. The molecule has 0 radical (unpaired) electrons. The number of hydrogen-bond donors (Lipinski definition) is 3. The fourth-order valence-corrected chi connectivity index (χ4v) is 2.74. The normalized spacial score (nSPS) is 10.6. The highest BCUT2D eigenvalue weighted by Gasteiger charge is 2.02. The van der Waals surface area contributed by atoms with Crippen molar-refractivity contribution in [3.8, 4) is 11.5 Å². The number of hydrogen-bond acceptors (Lipinski definition) is 7. The molecule has 0 amide bonds. The Hall–Kier alpha value is -2.27. The van der Waals surface area contributed by atoms with Gasteiger partial charge in [-0.05, 0) is 43.5 Å². The molecule has 30 heavy (non-hydrogen) atoms. The number of nitrogens with one attached hydrogen (secondary N) is 1. The van der Waals surface area contributed by atoms with E-state index in [1.165, 1.54) is 12.0 Å². The molecule has 0 heterocycles. The van der Waals surface area contributed by atoms with E-state index in [0.717, 1.165) is 41.2 Å². The molecule has 8 nitrogen and oxygen atoms in total. The Bertz CT molecular complexity index is 865. The van der Waals surface area contributed by atoms with Crippen LogP contribution in [0.5, 0.6) is 11.5 Å². The lowest BCUT2D eigenvalue weighted by Gasteiger charge is -2.10. The predicted octanol–water partition coefficient (Wildman–Crippen LogP) is 3.76. The minimum atomic E-state index is -3.67. The van der Waals surface area contributed by atoms with Crippen molar-refractivity contribution in [2.45, 2.75) is 24.2 Å². The number of benzene rings is 2. The molecule has 2 aromatic rings. The second kappa shape index (κ2) is 13.9. The fourth-order valence-electron chi connectivity index (χ4n) is 2.16. The van der Waals surface area contributed by atoms with Crippen LogP contribution < -0.4 is 15.2 Å². The van der Waals surface area contributed by atoms with E-state index in [2.05, 4.69) is 0 Å². The molecule has 166 valence electrons. The third kappa shape index (κ3) is 12.3. The lowest BCUT2D eigenvalue weighted by Crippen LogP contribution is -2.10. The minimum absolute atomic E-state index is 0.0767. The van der Waals surface area contributed by atoms with Crippen LogP contribution in [0.3, 0.4) is 0 Å². The van der Waals surface area contributed by atoms with E-state index in [9.17, 15) is 8.42 Å². The molecule has 2 aromatic carbocycles. The van der Waals surface area contributed by atoms with E-state index in [4.69, 9.17) is 29.4 Å². The summed E-state index contributed by atoms with van der Waals surface area (Å²) in [6.45, 7) is 1.35. The zero-order valence-electron chi connectivity index (χ0n) is 17.0. The van der Waals surface area contributed by atoms with Crippen molar-refractivity contribution < 1.29 is 26.6 Å². The highest BCUT2D eigenvalue weighted by Crippen LogP contribution is 2.26. The highest BCUT2D eigenvalue weighted by atomic mass is 32.2. The van der Waals surface area contributed by atoms with Gasteiger partial charge in [0.1, 0.15) is 5.84 Å². The first-order valence-corrected chi connectivity index (χ1v) is 11.7. The maximum atomic E-state index is 9.19. The van der Waals surface area contributed by atoms with Crippen molar-refractivity contribution in [3.63, 3.8) is 0 Å². The Morgan fingerprint density at radius 1 is 1.03 bits per heavy atom. The van der Waals surface area contributed by atoms with Crippen LogP contribution in [0, 0.1) is 5.41 Å². The van der Waals surface area contributed by atoms with E-state index in [1.807, 2.05) is 48.5 Å². The summed E-state index contributed by atoms with van der Waals surface area (Å²) < 4.78 is 42.4. The van der Waals surface area contributed by atoms with Gasteiger partial charge in [0, 0.05) is 22.5 Å². The summed E-state index contributed by atoms with van der Waals surface area (Å²) in [4.78, 5) is 1.00. The Morgan fingerprint density at radius 3 is 2.17 bits per heavy atom. The average molecular weight is 457 g/mol. The minimum Gasteiger partial charge on any atom is -0.493 e. The number of amidine groups is 1. The van der Waals surface area contributed by atoms with Gasteiger partial charge in [0.2, 0.25) is 0 Å². The van der Waals surface area contributed by atoms with Gasteiger partial charge in [0.25, 0.3) is 10.1 Å². The summed E-state index contributed by atoms with van der Waals surface area (Å²) >= 11 is 1.35. The number of ether oxygens (including phenoxy) is 2. The average Bonchev–Trinajstić information content (AvgIpc) is 2.69. The summed E-state index contributed by atoms with van der Waals surface area (Å²) in [7, 11) is -2.02. The zero-order chi connectivity index (χ0) is 22.4. The van der Waals surface area contributed by atoms with Crippen LogP contribution in [0.1, 0.15) is 24.8 Å². The van der Waals surface area contributed by atoms with Gasteiger partial charge >= 0.3 is 0 Å². The lowest BCUT2D eigenvalue weighted by molar-refractivity contribution is 0.278. The standard InChI is InChI=1S/C19H24N2O3S.CH4O3S/c1-22-17-7-3-4-8-18(17)23-13-5-2-6-14-24-25-16-11-9-15(10-12-16)19(20)21;1-5(2,3)4/h3-4,7-12H,2,5-6,13-14H2,1H3,(H3,20,21);1H3,(H,2,3,4). The zero-order valence-corrected chi connectivity index (χ0v) is 18.7. The fraction of sp³-hybridized carbons (Fsp3) is 0.350. The van der Waals surface area contributed by atoms with Crippen molar-refractivity contribution in [3.05, 3.63) is 54.1 Å². The molecule has 0 aliphatic carbocycles. The summed E-state index contributed by atoms with van der Waals surface area (Å²) in [5.41, 5.74) is 6.15. The van der Waals surface area contributed by atoms with Crippen LogP contribution >= 0.6 is 12.0 Å². The van der Waals surface area contributed by atoms with Crippen LogP contribution in [-0.4, -0.2) is 45.4 Å². The molecule has 0 saturated heterocycles. The molecular weight excluding hydrogens is 428 g/mol. The molecular formula is C20H28N2O6S2. The second-order valence-electron chi connectivity index (χ2n) is 6.14. The van der Waals surface area contributed by atoms with Crippen molar-refractivity contribution >= 4 is 28.0 Å². The Balaban J connectivity index is 0.000000804. The molecule has 0 spiro atoms. The lowest BCUT2D eigenvalue weighted by atomic mass is 10.2. The monoisotopic (exact) mass is 456 g/mol. The van der Waals surface area contributed by atoms with E-state index >= 15 is 0 Å². The van der Waals surface area contributed by atoms with Crippen LogP contribution in [0.25, 0.3) is 0 Å². The maximum Gasteiger partial charge on any atom is 0.261 e. The molecule has 0 bridgehead atoms. The second-order valence-corrected chi connectivity index (χ2v) is 8.48. The number of nitrogen functional groups attached to an aromatic ring is 1. The quantitative estimate of drug-likeness (QED) is 0.153. The van der Waals surface area contributed by atoms with Crippen molar-refractivity contribution in [2.24, 2.45) is 5.73 Å². The van der Waals surface area contributed by atoms with Gasteiger partial charge in [-0.15, -0.1) is 0 Å². The Kier molecular flexibility index (Phi) is 11.9. The van der Waals surface area contributed by atoms with Crippen LogP contribution in [0.15, 0.2) is 53.4 Å². The number of methoxy groups -OCH3 is 1. The first kappa shape index (κ1) is 25.8. The Labute approximate surface area is 182 Å². The smallest absolute Gasteiger partial charge is 0.261 e.